The van der Waals surface area contributed by atoms with Crippen molar-refractivity contribution in [3.63, 3.8) is 0 Å². The van der Waals surface area contributed by atoms with Crippen LogP contribution in [0.3, 0.4) is 0 Å². The van der Waals surface area contributed by atoms with Crippen molar-refractivity contribution in [2.75, 3.05) is 32.2 Å². The summed E-state index contributed by atoms with van der Waals surface area (Å²) in [4.78, 5) is 35.5. The molecular formula is C18H25N3O5S. The van der Waals surface area contributed by atoms with Crippen molar-refractivity contribution < 1.29 is 23.9 Å². The van der Waals surface area contributed by atoms with E-state index in [1.807, 2.05) is 6.92 Å². The second kappa shape index (κ2) is 12.8. The standard InChI is InChI=1S/C18H25N3O5S/c1-3-11-26-16(23)9-8-15(22)21-18(27)20-14-7-5-4-6-13(14)17(24)19-10-12-25-2/h4-7H,3,8-12H2,1-2H3,(H,19,24)(H2,20,21,22,27). The van der Waals surface area contributed by atoms with Crippen LogP contribution in [0.5, 0.6) is 0 Å². The minimum atomic E-state index is -0.427. The van der Waals surface area contributed by atoms with Gasteiger partial charge >= 0.3 is 5.97 Å². The molecule has 0 saturated heterocycles. The van der Waals surface area contributed by atoms with Crippen LogP contribution in [0.15, 0.2) is 24.3 Å². The van der Waals surface area contributed by atoms with Crippen LogP contribution in [0.25, 0.3) is 0 Å². The van der Waals surface area contributed by atoms with E-state index in [0.717, 1.165) is 6.42 Å². The zero-order valence-electron chi connectivity index (χ0n) is 15.5. The average Bonchev–Trinajstić information content (AvgIpc) is 2.65. The summed E-state index contributed by atoms with van der Waals surface area (Å²) in [7, 11) is 1.55. The summed E-state index contributed by atoms with van der Waals surface area (Å²) >= 11 is 5.10. The summed E-state index contributed by atoms with van der Waals surface area (Å²) in [6, 6.07) is 6.77. The van der Waals surface area contributed by atoms with Gasteiger partial charge in [0.05, 0.1) is 30.9 Å². The second-order valence-corrected chi connectivity index (χ2v) is 5.93. The molecule has 0 heterocycles. The minimum absolute atomic E-state index is 0.0209. The molecule has 2 amide bonds. The third-order valence-corrected chi connectivity index (χ3v) is 3.49. The van der Waals surface area contributed by atoms with Gasteiger partial charge in [0, 0.05) is 20.1 Å². The molecule has 0 atom stereocenters. The van der Waals surface area contributed by atoms with Gasteiger partial charge in [0.1, 0.15) is 0 Å². The first kappa shape index (κ1) is 22.5. The molecule has 1 aromatic rings. The fourth-order valence-electron chi connectivity index (χ4n) is 2.00. The van der Waals surface area contributed by atoms with Gasteiger partial charge < -0.3 is 25.4 Å². The first-order chi connectivity index (χ1) is 13.0. The number of rotatable bonds is 10. The number of nitrogens with one attached hydrogen (secondary N) is 3. The van der Waals surface area contributed by atoms with Gasteiger partial charge in [-0.3, -0.25) is 14.4 Å². The van der Waals surface area contributed by atoms with Crippen LogP contribution in [0.1, 0.15) is 36.5 Å². The molecule has 1 aromatic carbocycles. The van der Waals surface area contributed by atoms with Crippen LogP contribution in [0.2, 0.25) is 0 Å². The van der Waals surface area contributed by atoms with Crippen molar-refractivity contribution in [2.24, 2.45) is 0 Å². The van der Waals surface area contributed by atoms with Crippen LogP contribution < -0.4 is 16.0 Å². The van der Waals surface area contributed by atoms with Gasteiger partial charge in [-0.05, 0) is 30.8 Å². The number of benzene rings is 1. The lowest BCUT2D eigenvalue weighted by molar-refractivity contribution is -0.144. The minimum Gasteiger partial charge on any atom is -0.466 e. The van der Waals surface area contributed by atoms with Crippen molar-refractivity contribution in [1.29, 1.82) is 0 Å². The van der Waals surface area contributed by atoms with Gasteiger partial charge in [0.2, 0.25) is 5.91 Å². The first-order valence-electron chi connectivity index (χ1n) is 8.60. The number of hydrogen-bond acceptors (Lipinski definition) is 6. The van der Waals surface area contributed by atoms with Crippen LogP contribution in [0.4, 0.5) is 5.69 Å². The number of thiocarbonyl (C=S) groups is 1. The van der Waals surface area contributed by atoms with E-state index < -0.39 is 11.9 Å². The van der Waals surface area contributed by atoms with Crippen LogP contribution >= 0.6 is 12.2 Å². The third kappa shape index (κ3) is 9.11. The van der Waals surface area contributed by atoms with E-state index in [9.17, 15) is 14.4 Å². The molecule has 0 radical (unpaired) electrons. The van der Waals surface area contributed by atoms with Crippen molar-refractivity contribution in [2.45, 2.75) is 26.2 Å². The van der Waals surface area contributed by atoms with Crippen molar-refractivity contribution >= 4 is 40.8 Å². The van der Waals surface area contributed by atoms with E-state index in [4.69, 9.17) is 21.7 Å². The molecule has 0 fully saturated rings. The maximum atomic E-state index is 12.2. The molecule has 3 N–H and O–H groups in total. The van der Waals surface area contributed by atoms with Crippen molar-refractivity contribution in [3.05, 3.63) is 29.8 Å². The van der Waals surface area contributed by atoms with Gasteiger partial charge in [-0.1, -0.05) is 19.1 Å². The smallest absolute Gasteiger partial charge is 0.306 e. The summed E-state index contributed by atoms with van der Waals surface area (Å²) in [5.74, 6) is -1.13. The Balaban J connectivity index is 2.53. The highest BCUT2D eigenvalue weighted by molar-refractivity contribution is 7.80. The Morgan fingerprint density at radius 1 is 1.11 bits per heavy atom. The molecule has 148 valence electrons. The average molecular weight is 395 g/mol. The SMILES string of the molecule is CCCOC(=O)CCC(=O)NC(=S)Nc1ccccc1C(=O)NCCOC. The molecule has 9 heteroatoms. The van der Waals surface area contributed by atoms with E-state index in [1.165, 1.54) is 0 Å². The molecule has 0 aliphatic rings. The lowest BCUT2D eigenvalue weighted by Gasteiger charge is -2.13. The monoisotopic (exact) mass is 395 g/mol. The normalized spacial score (nSPS) is 10.0. The largest absolute Gasteiger partial charge is 0.466 e. The summed E-state index contributed by atoms with van der Waals surface area (Å²) in [6.07, 6.45) is 0.668. The Morgan fingerprint density at radius 2 is 1.85 bits per heavy atom. The first-order valence-corrected chi connectivity index (χ1v) is 9.01. The van der Waals surface area contributed by atoms with Gasteiger partial charge in [-0.25, -0.2) is 0 Å². The topological polar surface area (TPSA) is 106 Å². The molecule has 0 saturated carbocycles. The number of anilines is 1. The van der Waals surface area contributed by atoms with Gasteiger partial charge in [-0.15, -0.1) is 0 Å². The van der Waals surface area contributed by atoms with Crippen LogP contribution in [-0.4, -0.2) is 49.8 Å². The predicted molar refractivity (Wildman–Crippen MR) is 105 cm³/mol. The van der Waals surface area contributed by atoms with E-state index >= 15 is 0 Å². The third-order valence-electron chi connectivity index (χ3n) is 3.29. The van der Waals surface area contributed by atoms with Gasteiger partial charge in [0.15, 0.2) is 5.11 Å². The summed E-state index contributed by atoms with van der Waals surface area (Å²) < 4.78 is 9.80. The fourth-order valence-corrected chi connectivity index (χ4v) is 2.22. The lowest BCUT2D eigenvalue weighted by Crippen LogP contribution is -2.35. The molecule has 0 aliphatic heterocycles. The Labute approximate surface area is 164 Å². The number of amides is 2. The molecule has 27 heavy (non-hydrogen) atoms. The summed E-state index contributed by atoms with van der Waals surface area (Å²) in [5.41, 5.74) is 0.841. The highest BCUT2D eigenvalue weighted by Crippen LogP contribution is 2.14. The van der Waals surface area contributed by atoms with E-state index in [0.29, 0.717) is 31.0 Å². The van der Waals surface area contributed by atoms with Crippen LogP contribution in [0, 0.1) is 0 Å². The van der Waals surface area contributed by atoms with Crippen LogP contribution in [-0.2, 0) is 19.1 Å². The van der Waals surface area contributed by atoms with E-state index in [-0.39, 0.29) is 23.9 Å². The molecule has 0 aromatic heterocycles. The zero-order valence-corrected chi connectivity index (χ0v) is 16.3. The van der Waals surface area contributed by atoms with Crippen molar-refractivity contribution in [1.82, 2.24) is 10.6 Å². The number of methoxy groups -OCH3 is 1. The Morgan fingerprint density at radius 3 is 2.56 bits per heavy atom. The number of esters is 1. The van der Waals surface area contributed by atoms with Crippen molar-refractivity contribution in [3.8, 4) is 0 Å². The maximum Gasteiger partial charge on any atom is 0.306 e. The molecule has 0 unspecified atom stereocenters. The fraction of sp³-hybridized carbons (Fsp3) is 0.444. The Bertz CT molecular complexity index is 666. The lowest BCUT2D eigenvalue weighted by atomic mass is 10.1. The number of para-hydroxylation sites is 1. The highest BCUT2D eigenvalue weighted by atomic mass is 32.1. The Kier molecular flexibility index (Phi) is 10.7. The number of ether oxygens (including phenoxy) is 2. The molecule has 0 bridgehead atoms. The van der Waals surface area contributed by atoms with E-state index in [2.05, 4.69) is 16.0 Å². The summed E-state index contributed by atoms with van der Waals surface area (Å²) in [6.45, 7) is 3.00. The highest BCUT2D eigenvalue weighted by Gasteiger charge is 2.13. The number of carbonyl (C=O) groups excluding carboxylic acids is 3. The number of carbonyl (C=O) groups is 3. The molecular weight excluding hydrogens is 370 g/mol. The second-order valence-electron chi connectivity index (χ2n) is 5.52. The maximum absolute atomic E-state index is 12.2. The van der Waals surface area contributed by atoms with Gasteiger partial charge in [0.25, 0.3) is 5.91 Å². The molecule has 0 aliphatic carbocycles. The molecule has 8 nitrogen and oxygen atoms in total. The Hall–Kier alpha value is -2.52. The van der Waals surface area contributed by atoms with E-state index in [1.54, 1.807) is 31.4 Å². The molecule has 1 rings (SSSR count). The number of hydrogen-bond donors (Lipinski definition) is 3. The molecule has 0 spiro atoms. The predicted octanol–water partition coefficient (Wildman–Crippen LogP) is 1.61. The zero-order chi connectivity index (χ0) is 20.1. The summed E-state index contributed by atoms with van der Waals surface area (Å²) in [5, 5.41) is 8.06. The quantitative estimate of drug-likeness (QED) is 0.314. The van der Waals surface area contributed by atoms with Gasteiger partial charge in [-0.2, -0.15) is 0 Å².